The average Bonchev–Trinajstić information content (AvgIpc) is 2.03. The molecule has 0 aromatic carbocycles. The van der Waals surface area contributed by atoms with E-state index in [0.717, 1.165) is 6.42 Å². The van der Waals surface area contributed by atoms with Crippen molar-refractivity contribution in [2.45, 2.75) is 50.8 Å². The molecule has 1 aliphatic carbocycles. The van der Waals surface area contributed by atoms with Gasteiger partial charge in [-0.05, 0) is 25.7 Å². The first-order chi connectivity index (χ1) is 6.18. The summed E-state index contributed by atoms with van der Waals surface area (Å²) < 4.78 is 25.8. The Morgan fingerprint density at radius 2 is 1.93 bits per heavy atom. The number of rotatable bonds is 3. The molecule has 0 amide bonds. The quantitative estimate of drug-likeness (QED) is 0.763. The van der Waals surface area contributed by atoms with Crippen LogP contribution in [0.2, 0.25) is 0 Å². The van der Waals surface area contributed by atoms with Crippen molar-refractivity contribution in [2.75, 3.05) is 0 Å². The molecule has 0 spiro atoms. The third-order valence-electron chi connectivity index (χ3n) is 3.08. The highest BCUT2D eigenvalue weighted by atomic mass is 35.5. The summed E-state index contributed by atoms with van der Waals surface area (Å²) >= 11 is 6.01. The van der Waals surface area contributed by atoms with Gasteiger partial charge < -0.3 is 0 Å². The van der Waals surface area contributed by atoms with Gasteiger partial charge in [0.2, 0.25) is 10.0 Å². The van der Waals surface area contributed by atoms with Crippen LogP contribution >= 0.6 is 11.6 Å². The van der Waals surface area contributed by atoms with Gasteiger partial charge in [0.25, 0.3) is 0 Å². The molecule has 0 radical (unpaired) electrons. The van der Waals surface area contributed by atoms with E-state index < -0.39 is 10.0 Å². The second kappa shape index (κ2) is 3.65. The van der Waals surface area contributed by atoms with Crippen molar-refractivity contribution in [3.05, 3.63) is 0 Å². The minimum absolute atomic E-state index is 0.0163. The van der Waals surface area contributed by atoms with E-state index in [0.29, 0.717) is 0 Å². The van der Waals surface area contributed by atoms with E-state index in [1.165, 1.54) is 0 Å². The van der Waals surface area contributed by atoms with E-state index in [4.69, 9.17) is 11.6 Å². The fourth-order valence-electron chi connectivity index (χ4n) is 1.41. The Morgan fingerprint density at radius 1 is 1.43 bits per heavy atom. The summed E-state index contributed by atoms with van der Waals surface area (Å²) in [5.74, 6) is 0. The van der Waals surface area contributed by atoms with E-state index >= 15 is 0 Å². The van der Waals surface area contributed by atoms with Gasteiger partial charge in [-0.3, -0.25) is 0 Å². The first-order valence-electron chi connectivity index (χ1n) is 4.83. The molecule has 0 aliphatic heterocycles. The zero-order valence-corrected chi connectivity index (χ0v) is 10.6. The molecule has 0 aromatic heterocycles. The lowest BCUT2D eigenvalue weighted by Gasteiger charge is -2.49. The van der Waals surface area contributed by atoms with E-state index in [-0.39, 0.29) is 22.1 Å². The minimum atomic E-state index is -3.16. The van der Waals surface area contributed by atoms with Gasteiger partial charge in [0.05, 0.1) is 5.25 Å². The normalized spacial score (nSPS) is 31.6. The Hall–Kier alpha value is 0.200. The van der Waals surface area contributed by atoms with Gasteiger partial charge in [0.1, 0.15) is 0 Å². The monoisotopic (exact) mass is 239 g/mol. The summed E-state index contributed by atoms with van der Waals surface area (Å²) in [6, 6.07) is -0.0163. The maximum Gasteiger partial charge on any atom is 0.214 e. The molecule has 2 atom stereocenters. The Morgan fingerprint density at radius 3 is 2.21 bits per heavy atom. The topological polar surface area (TPSA) is 46.2 Å². The van der Waals surface area contributed by atoms with Crippen LogP contribution in [0.25, 0.3) is 0 Å². The molecular weight excluding hydrogens is 222 g/mol. The van der Waals surface area contributed by atoms with Crippen molar-refractivity contribution >= 4 is 21.6 Å². The van der Waals surface area contributed by atoms with Crippen molar-refractivity contribution < 1.29 is 8.42 Å². The maximum atomic E-state index is 11.6. The van der Waals surface area contributed by atoms with E-state index in [9.17, 15) is 8.42 Å². The van der Waals surface area contributed by atoms with Crippen LogP contribution in [0.5, 0.6) is 0 Å². The van der Waals surface area contributed by atoms with Crippen molar-refractivity contribution in [1.29, 1.82) is 0 Å². The fraction of sp³-hybridized carbons (Fsp3) is 1.00. The molecule has 0 aromatic rings. The Kier molecular flexibility index (Phi) is 3.20. The molecule has 3 nitrogen and oxygen atoms in total. The van der Waals surface area contributed by atoms with Gasteiger partial charge in [-0.25, -0.2) is 13.1 Å². The summed E-state index contributed by atoms with van der Waals surface area (Å²) in [7, 11) is -3.16. The van der Waals surface area contributed by atoms with Crippen LogP contribution in [0.15, 0.2) is 0 Å². The predicted molar refractivity (Wildman–Crippen MR) is 59.0 cm³/mol. The first kappa shape index (κ1) is 12.3. The zero-order chi connectivity index (χ0) is 11.1. The van der Waals surface area contributed by atoms with Crippen molar-refractivity contribution in [3.63, 3.8) is 0 Å². The summed E-state index contributed by atoms with van der Waals surface area (Å²) in [4.78, 5) is 0. The highest BCUT2D eigenvalue weighted by Crippen LogP contribution is 2.44. The van der Waals surface area contributed by atoms with E-state index in [1.807, 2.05) is 13.8 Å². The van der Waals surface area contributed by atoms with E-state index in [1.54, 1.807) is 13.8 Å². The molecule has 1 N–H and O–H groups in total. The molecule has 0 heterocycles. The predicted octanol–water partition coefficient (Wildman–Crippen LogP) is 1.72. The third-order valence-corrected chi connectivity index (χ3v) is 5.67. The zero-order valence-electron chi connectivity index (χ0n) is 9.04. The Labute approximate surface area is 91.3 Å². The van der Waals surface area contributed by atoms with Crippen LogP contribution in [-0.2, 0) is 10.0 Å². The molecule has 1 fully saturated rings. The standard InChI is InChI=1S/C9H18ClNO2S/c1-6(2)14(12,13)11-8-5-7(10)9(8,3)4/h6-8,11H,5H2,1-4H3. The second-order valence-corrected chi connectivity index (χ2v) is 7.58. The molecule has 5 heteroatoms. The van der Waals surface area contributed by atoms with Gasteiger partial charge >= 0.3 is 0 Å². The number of alkyl halides is 1. The van der Waals surface area contributed by atoms with Gasteiger partial charge in [0.15, 0.2) is 0 Å². The summed E-state index contributed by atoms with van der Waals surface area (Å²) in [5.41, 5.74) is -0.135. The van der Waals surface area contributed by atoms with Gasteiger partial charge in [-0.15, -0.1) is 11.6 Å². The molecule has 1 rings (SSSR count). The lowest BCUT2D eigenvalue weighted by Crippen LogP contribution is -2.59. The van der Waals surface area contributed by atoms with Crippen LogP contribution in [0.1, 0.15) is 34.1 Å². The lowest BCUT2D eigenvalue weighted by molar-refractivity contribution is 0.137. The maximum absolute atomic E-state index is 11.6. The average molecular weight is 240 g/mol. The molecule has 1 aliphatic rings. The fourth-order valence-corrected chi connectivity index (χ4v) is 2.81. The first-order valence-corrected chi connectivity index (χ1v) is 6.81. The number of sulfonamides is 1. The highest BCUT2D eigenvalue weighted by molar-refractivity contribution is 7.90. The SMILES string of the molecule is CC(C)S(=O)(=O)NC1CC(Cl)C1(C)C. The van der Waals surface area contributed by atoms with E-state index in [2.05, 4.69) is 4.72 Å². The number of hydrogen-bond donors (Lipinski definition) is 1. The minimum Gasteiger partial charge on any atom is -0.212 e. The number of hydrogen-bond acceptors (Lipinski definition) is 2. The third kappa shape index (κ3) is 2.07. The lowest BCUT2D eigenvalue weighted by atomic mass is 9.67. The molecule has 0 bridgehead atoms. The second-order valence-electron chi connectivity index (χ2n) is 4.79. The Bertz CT molecular complexity index is 311. The molecule has 1 saturated carbocycles. The van der Waals surface area contributed by atoms with Crippen LogP contribution in [-0.4, -0.2) is 25.1 Å². The number of halogens is 1. The van der Waals surface area contributed by atoms with Crippen molar-refractivity contribution in [3.8, 4) is 0 Å². The largest absolute Gasteiger partial charge is 0.214 e. The van der Waals surface area contributed by atoms with Gasteiger partial charge in [-0.1, -0.05) is 13.8 Å². The van der Waals surface area contributed by atoms with Crippen LogP contribution in [0, 0.1) is 5.41 Å². The van der Waals surface area contributed by atoms with Crippen molar-refractivity contribution in [1.82, 2.24) is 4.72 Å². The Balaban J connectivity index is 2.65. The molecule has 0 saturated heterocycles. The highest BCUT2D eigenvalue weighted by Gasteiger charge is 2.48. The van der Waals surface area contributed by atoms with Gasteiger partial charge in [-0.2, -0.15) is 0 Å². The van der Waals surface area contributed by atoms with Crippen LogP contribution in [0.3, 0.4) is 0 Å². The molecule has 2 unspecified atom stereocenters. The molecule has 84 valence electrons. The van der Waals surface area contributed by atoms with Gasteiger partial charge in [0, 0.05) is 11.4 Å². The molecular formula is C9H18ClNO2S. The van der Waals surface area contributed by atoms with Crippen LogP contribution in [0.4, 0.5) is 0 Å². The molecule has 14 heavy (non-hydrogen) atoms. The van der Waals surface area contributed by atoms with Crippen LogP contribution < -0.4 is 4.72 Å². The summed E-state index contributed by atoms with van der Waals surface area (Å²) in [5, 5.41) is -0.310. The number of nitrogens with one attached hydrogen (secondary N) is 1. The summed E-state index contributed by atoms with van der Waals surface area (Å²) in [6.07, 6.45) is 0.723. The summed E-state index contributed by atoms with van der Waals surface area (Å²) in [6.45, 7) is 7.32. The smallest absolute Gasteiger partial charge is 0.212 e. The van der Waals surface area contributed by atoms with Crippen molar-refractivity contribution in [2.24, 2.45) is 5.41 Å².